The predicted molar refractivity (Wildman–Crippen MR) is 70.2 cm³/mol. The summed E-state index contributed by atoms with van der Waals surface area (Å²) in [4.78, 5) is 0. The standard InChI is InChI=1S/C16H14O/c1-13-15(9-6-10-16(13)17-2)12-11-14-7-4-3-5-8-14/h3-10H,1-2H3. The van der Waals surface area contributed by atoms with Gasteiger partial charge in [-0.05, 0) is 31.2 Å². The molecule has 0 bridgehead atoms. The van der Waals surface area contributed by atoms with E-state index >= 15 is 0 Å². The van der Waals surface area contributed by atoms with E-state index in [2.05, 4.69) is 11.8 Å². The molecule has 0 unspecified atom stereocenters. The first-order valence-electron chi connectivity index (χ1n) is 5.52. The molecule has 0 aliphatic rings. The number of rotatable bonds is 1. The van der Waals surface area contributed by atoms with E-state index in [1.165, 1.54) is 0 Å². The van der Waals surface area contributed by atoms with Crippen LogP contribution in [0.25, 0.3) is 0 Å². The van der Waals surface area contributed by atoms with Crippen LogP contribution in [0.1, 0.15) is 16.7 Å². The van der Waals surface area contributed by atoms with Crippen LogP contribution in [0.15, 0.2) is 48.5 Å². The van der Waals surface area contributed by atoms with Crippen molar-refractivity contribution in [2.24, 2.45) is 0 Å². The van der Waals surface area contributed by atoms with Crippen molar-refractivity contribution in [2.45, 2.75) is 6.92 Å². The van der Waals surface area contributed by atoms with Crippen LogP contribution in [-0.4, -0.2) is 7.11 Å². The van der Waals surface area contributed by atoms with Crippen LogP contribution in [0, 0.1) is 18.8 Å². The maximum atomic E-state index is 5.27. The summed E-state index contributed by atoms with van der Waals surface area (Å²) in [7, 11) is 1.68. The highest BCUT2D eigenvalue weighted by molar-refractivity contribution is 5.50. The van der Waals surface area contributed by atoms with Gasteiger partial charge < -0.3 is 4.74 Å². The Hall–Kier alpha value is -2.20. The average Bonchev–Trinajstić information content (AvgIpc) is 2.39. The Kier molecular flexibility index (Phi) is 3.47. The minimum absolute atomic E-state index is 0.880. The van der Waals surface area contributed by atoms with E-state index in [1.54, 1.807) is 7.11 Å². The Bertz CT molecular complexity index is 559. The number of methoxy groups -OCH3 is 1. The van der Waals surface area contributed by atoms with Crippen LogP contribution < -0.4 is 4.74 Å². The molecule has 0 aliphatic heterocycles. The van der Waals surface area contributed by atoms with E-state index in [4.69, 9.17) is 4.74 Å². The molecule has 0 fully saturated rings. The maximum absolute atomic E-state index is 5.27. The van der Waals surface area contributed by atoms with Crippen molar-refractivity contribution in [3.63, 3.8) is 0 Å². The second-order valence-electron chi connectivity index (χ2n) is 3.75. The predicted octanol–water partition coefficient (Wildman–Crippen LogP) is 3.40. The molecule has 1 heteroatoms. The summed E-state index contributed by atoms with van der Waals surface area (Å²) in [5.74, 6) is 7.20. The maximum Gasteiger partial charge on any atom is 0.123 e. The summed E-state index contributed by atoms with van der Waals surface area (Å²) in [6, 6.07) is 15.9. The highest BCUT2D eigenvalue weighted by Crippen LogP contribution is 2.19. The van der Waals surface area contributed by atoms with Gasteiger partial charge in [0, 0.05) is 16.7 Å². The van der Waals surface area contributed by atoms with Crippen LogP contribution >= 0.6 is 0 Å². The van der Waals surface area contributed by atoms with E-state index in [0.29, 0.717) is 0 Å². The van der Waals surface area contributed by atoms with Crippen molar-refractivity contribution in [1.82, 2.24) is 0 Å². The van der Waals surface area contributed by atoms with Crippen LogP contribution in [0.4, 0.5) is 0 Å². The molecule has 2 rings (SSSR count). The normalized spacial score (nSPS) is 9.29. The fraction of sp³-hybridized carbons (Fsp3) is 0.125. The van der Waals surface area contributed by atoms with E-state index in [-0.39, 0.29) is 0 Å². The molecule has 1 nitrogen and oxygen atoms in total. The van der Waals surface area contributed by atoms with Gasteiger partial charge >= 0.3 is 0 Å². The summed E-state index contributed by atoms with van der Waals surface area (Å²) in [6.07, 6.45) is 0. The first-order chi connectivity index (χ1) is 8.31. The summed E-state index contributed by atoms with van der Waals surface area (Å²) in [5, 5.41) is 0. The van der Waals surface area contributed by atoms with E-state index < -0.39 is 0 Å². The van der Waals surface area contributed by atoms with Crippen LogP contribution in [0.3, 0.4) is 0 Å². The fourth-order valence-corrected chi connectivity index (χ4v) is 1.63. The van der Waals surface area contributed by atoms with E-state index in [0.717, 1.165) is 22.4 Å². The smallest absolute Gasteiger partial charge is 0.123 e. The Morgan fingerprint density at radius 2 is 1.65 bits per heavy atom. The van der Waals surface area contributed by atoms with Gasteiger partial charge in [-0.3, -0.25) is 0 Å². The van der Waals surface area contributed by atoms with Crippen molar-refractivity contribution in [3.05, 3.63) is 65.2 Å². The van der Waals surface area contributed by atoms with Gasteiger partial charge in [-0.15, -0.1) is 0 Å². The monoisotopic (exact) mass is 222 g/mol. The van der Waals surface area contributed by atoms with Gasteiger partial charge in [0.2, 0.25) is 0 Å². The molecule has 0 aromatic heterocycles. The van der Waals surface area contributed by atoms with Crippen molar-refractivity contribution in [3.8, 4) is 17.6 Å². The average molecular weight is 222 g/mol. The zero-order chi connectivity index (χ0) is 12.1. The molecule has 2 aromatic rings. The number of hydrogen-bond donors (Lipinski definition) is 0. The van der Waals surface area contributed by atoms with Crippen molar-refractivity contribution < 1.29 is 4.74 Å². The number of benzene rings is 2. The summed E-state index contributed by atoms with van der Waals surface area (Å²) in [5.41, 5.74) is 3.11. The van der Waals surface area contributed by atoms with Gasteiger partial charge in [0.25, 0.3) is 0 Å². The Morgan fingerprint density at radius 3 is 2.35 bits per heavy atom. The number of ether oxygens (including phenoxy) is 1. The largest absolute Gasteiger partial charge is 0.496 e. The summed E-state index contributed by atoms with van der Waals surface area (Å²) >= 11 is 0. The topological polar surface area (TPSA) is 9.23 Å². The third kappa shape index (κ3) is 2.68. The second-order valence-corrected chi connectivity index (χ2v) is 3.75. The highest BCUT2D eigenvalue weighted by atomic mass is 16.5. The first kappa shape index (κ1) is 11.3. The Balaban J connectivity index is 2.34. The van der Waals surface area contributed by atoms with Crippen LogP contribution in [-0.2, 0) is 0 Å². The molecule has 0 saturated heterocycles. The van der Waals surface area contributed by atoms with Crippen LogP contribution in [0.2, 0.25) is 0 Å². The molecular weight excluding hydrogens is 208 g/mol. The Morgan fingerprint density at radius 1 is 0.882 bits per heavy atom. The third-order valence-corrected chi connectivity index (χ3v) is 2.62. The molecule has 2 aromatic carbocycles. The van der Waals surface area contributed by atoms with Gasteiger partial charge in [-0.25, -0.2) is 0 Å². The first-order valence-corrected chi connectivity index (χ1v) is 5.52. The van der Waals surface area contributed by atoms with Gasteiger partial charge in [0.1, 0.15) is 5.75 Å². The molecule has 0 heterocycles. The zero-order valence-electron chi connectivity index (χ0n) is 10.0. The van der Waals surface area contributed by atoms with Crippen LogP contribution in [0.5, 0.6) is 5.75 Å². The molecule has 0 saturated carbocycles. The molecular formula is C16H14O. The highest BCUT2D eigenvalue weighted by Gasteiger charge is 2.00. The summed E-state index contributed by atoms with van der Waals surface area (Å²) < 4.78 is 5.27. The molecule has 84 valence electrons. The lowest BCUT2D eigenvalue weighted by atomic mass is 10.1. The van der Waals surface area contributed by atoms with Crippen molar-refractivity contribution in [1.29, 1.82) is 0 Å². The van der Waals surface area contributed by atoms with Gasteiger partial charge in [0.05, 0.1) is 7.11 Å². The lowest BCUT2D eigenvalue weighted by Gasteiger charge is -2.05. The molecule has 0 spiro atoms. The molecule has 0 N–H and O–H groups in total. The van der Waals surface area contributed by atoms with E-state index in [1.807, 2.05) is 55.5 Å². The molecule has 0 radical (unpaired) electrons. The van der Waals surface area contributed by atoms with Gasteiger partial charge in [-0.1, -0.05) is 36.1 Å². The molecule has 0 atom stereocenters. The van der Waals surface area contributed by atoms with Gasteiger partial charge in [0.15, 0.2) is 0 Å². The minimum Gasteiger partial charge on any atom is -0.496 e. The van der Waals surface area contributed by atoms with E-state index in [9.17, 15) is 0 Å². The third-order valence-electron chi connectivity index (χ3n) is 2.62. The molecule has 0 aliphatic carbocycles. The Labute approximate surface area is 102 Å². The van der Waals surface area contributed by atoms with Crippen molar-refractivity contribution in [2.75, 3.05) is 7.11 Å². The zero-order valence-corrected chi connectivity index (χ0v) is 10.0. The quantitative estimate of drug-likeness (QED) is 0.672. The van der Waals surface area contributed by atoms with Crippen molar-refractivity contribution >= 4 is 0 Å². The van der Waals surface area contributed by atoms with Gasteiger partial charge in [-0.2, -0.15) is 0 Å². The molecule has 0 amide bonds. The number of hydrogen-bond acceptors (Lipinski definition) is 1. The SMILES string of the molecule is COc1cccc(C#Cc2ccccc2)c1C. The fourth-order valence-electron chi connectivity index (χ4n) is 1.63. The second kappa shape index (κ2) is 5.23. The lowest BCUT2D eigenvalue weighted by Crippen LogP contribution is -1.89. The lowest BCUT2D eigenvalue weighted by molar-refractivity contribution is 0.411. The minimum atomic E-state index is 0.880. The molecule has 17 heavy (non-hydrogen) atoms. The summed E-state index contributed by atoms with van der Waals surface area (Å²) in [6.45, 7) is 2.02.